The lowest BCUT2D eigenvalue weighted by molar-refractivity contribution is 0.771. The third kappa shape index (κ3) is 2.50. The van der Waals surface area contributed by atoms with E-state index in [9.17, 15) is 0 Å². The molecule has 1 N–H and O–H groups in total. The van der Waals surface area contributed by atoms with E-state index in [1.54, 1.807) is 11.3 Å². The summed E-state index contributed by atoms with van der Waals surface area (Å²) in [7, 11) is 0. The monoisotopic (exact) mass is 178 g/mol. The van der Waals surface area contributed by atoms with E-state index in [4.69, 9.17) is 5.26 Å². The quantitative estimate of drug-likeness (QED) is 0.564. The molecule has 0 bridgehead atoms. The zero-order valence-electron chi connectivity index (χ0n) is 6.71. The maximum atomic E-state index is 8.54. The molecule has 0 radical (unpaired) electrons. The van der Waals surface area contributed by atoms with Crippen LogP contribution >= 0.6 is 11.3 Å². The van der Waals surface area contributed by atoms with E-state index in [0.717, 1.165) is 18.7 Å². The second-order valence-electron chi connectivity index (χ2n) is 2.33. The van der Waals surface area contributed by atoms with Crippen molar-refractivity contribution in [1.82, 2.24) is 5.32 Å². The highest BCUT2D eigenvalue weighted by molar-refractivity contribution is 7.10. The molecule has 3 heteroatoms. The maximum absolute atomic E-state index is 8.54. The summed E-state index contributed by atoms with van der Waals surface area (Å²) in [5, 5.41) is 13.6. The number of nitrogens with one attached hydrogen (secondary N) is 1. The molecule has 0 saturated heterocycles. The van der Waals surface area contributed by atoms with Crippen LogP contribution in [-0.2, 0) is 6.54 Å². The van der Waals surface area contributed by atoms with E-state index < -0.39 is 0 Å². The van der Waals surface area contributed by atoms with E-state index in [0.29, 0.717) is 0 Å². The van der Waals surface area contributed by atoms with Crippen molar-refractivity contribution in [3.63, 3.8) is 0 Å². The summed E-state index contributed by atoms with van der Waals surface area (Å²) in [6, 6.07) is 4.00. The number of thiophene rings is 1. The van der Waals surface area contributed by atoms with Crippen LogP contribution in [0.25, 0.3) is 0 Å². The molecule has 0 unspecified atom stereocenters. The molecule has 0 spiro atoms. The predicted molar refractivity (Wildman–Crippen MR) is 50.9 cm³/mol. The highest BCUT2D eigenvalue weighted by atomic mass is 32.1. The Hall–Kier alpha value is -1.11. The Morgan fingerprint density at radius 2 is 2.58 bits per heavy atom. The van der Waals surface area contributed by atoms with Crippen LogP contribution in [0.5, 0.6) is 0 Å². The standard InChI is InChI=1S/C9H10N2S/c1-2-3-11-6-9-4-8(5-10)7-12-9/h2,4,7,11H,1,3,6H2. The molecule has 0 aliphatic rings. The smallest absolute Gasteiger partial charge is 0.100 e. The van der Waals surface area contributed by atoms with E-state index in [-0.39, 0.29) is 0 Å². The summed E-state index contributed by atoms with van der Waals surface area (Å²) in [5.74, 6) is 0. The molecule has 0 aromatic carbocycles. The Balaban J connectivity index is 2.43. The molecule has 0 aliphatic carbocycles. The van der Waals surface area contributed by atoms with Gasteiger partial charge in [-0.15, -0.1) is 17.9 Å². The number of nitrogens with zero attached hydrogens (tertiary/aromatic N) is 1. The van der Waals surface area contributed by atoms with Crippen molar-refractivity contribution >= 4 is 11.3 Å². The van der Waals surface area contributed by atoms with Crippen LogP contribution < -0.4 is 5.32 Å². The van der Waals surface area contributed by atoms with Crippen LogP contribution in [0.3, 0.4) is 0 Å². The van der Waals surface area contributed by atoms with Gasteiger partial charge in [0, 0.05) is 23.3 Å². The molecule has 0 aliphatic heterocycles. The van der Waals surface area contributed by atoms with E-state index >= 15 is 0 Å². The van der Waals surface area contributed by atoms with E-state index in [2.05, 4.69) is 18.0 Å². The second kappa shape index (κ2) is 4.70. The lowest BCUT2D eigenvalue weighted by Crippen LogP contribution is -2.11. The van der Waals surface area contributed by atoms with Crippen molar-refractivity contribution in [2.45, 2.75) is 6.54 Å². The van der Waals surface area contributed by atoms with Gasteiger partial charge < -0.3 is 5.32 Å². The molecule has 1 rings (SSSR count). The third-order valence-electron chi connectivity index (χ3n) is 1.37. The molecule has 12 heavy (non-hydrogen) atoms. The van der Waals surface area contributed by atoms with Crippen LogP contribution in [0.15, 0.2) is 24.1 Å². The molecule has 1 aromatic rings. The van der Waals surface area contributed by atoms with Gasteiger partial charge in [0.2, 0.25) is 0 Å². The second-order valence-corrected chi connectivity index (χ2v) is 3.33. The lowest BCUT2D eigenvalue weighted by Gasteiger charge is -1.95. The molecule has 62 valence electrons. The van der Waals surface area contributed by atoms with Gasteiger partial charge in [-0.25, -0.2) is 0 Å². The van der Waals surface area contributed by atoms with Crippen LogP contribution in [0.4, 0.5) is 0 Å². The van der Waals surface area contributed by atoms with E-state index in [1.807, 2.05) is 17.5 Å². The normalized spacial score (nSPS) is 9.25. The summed E-state index contributed by atoms with van der Waals surface area (Å²) in [6.07, 6.45) is 1.82. The Morgan fingerprint density at radius 1 is 1.75 bits per heavy atom. The van der Waals surface area contributed by atoms with Crippen LogP contribution in [0, 0.1) is 11.3 Å². The Kier molecular flexibility index (Phi) is 3.52. The van der Waals surface area contributed by atoms with Gasteiger partial charge in [0.05, 0.1) is 5.56 Å². The zero-order chi connectivity index (χ0) is 8.81. The van der Waals surface area contributed by atoms with Crippen molar-refractivity contribution < 1.29 is 0 Å². The van der Waals surface area contributed by atoms with Crippen molar-refractivity contribution in [3.05, 3.63) is 34.5 Å². The Labute approximate surface area is 76.1 Å². The Bertz CT molecular complexity index is 296. The van der Waals surface area contributed by atoms with Crippen LogP contribution in [0.1, 0.15) is 10.4 Å². The first-order valence-electron chi connectivity index (χ1n) is 3.66. The molecule has 1 aromatic heterocycles. The summed E-state index contributed by atoms with van der Waals surface area (Å²) in [5.41, 5.74) is 0.746. The van der Waals surface area contributed by atoms with Gasteiger partial charge in [0.1, 0.15) is 6.07 Å². The zero-order valence-corrected chi connectivity index (χ0v) is 7.53. The van der Waals surface area contributed by atoms with Crippen molar-refractivity contribution in [2.24, 2.45) is 0 Å². The topological polar surface area (TPSA) is 35.8 Å². The SMILES string of the molecule is C=CCNCc1cc(C#N)cs1. The number of rotatable bonds is 4. The maximum Gasteiger partial charge on any atom is 0.100 e. The van der Waals surface area contributed by atoms with Crippen molar-refractivity contribution in [3.8, 4) is 6.07 Å². The molecule has 0 saturated carbocycles. The van der Waals surface area contributed by atoms with E-state index in [1.165, 1.54) is 4.88 Å². The minimum Gasteiger partial charge on any atom is -0.308 e. The van der Waals surface area contributed by atoms with Gasteiger partial charge in [-0.05, 0) is 6.07 Å². The lowest BCUT2D eigenvalue weighted by atomic mass is 10.3. The van der Waals surface area contributed by atoms with Crippen molar-refractivity contribution in [2.75, 3.05) is 6.54 Å². The number of nitriles is 1. The first-order valence-corrected chi connectivity index (χ1v) is 4.54. The third-order valence-corrected chi connectivity index (χ3v) is 2.31. The van der Waals surface area contributed by atoms with Crippen molar-refractivity contribution in [1.29, 1.82) is 5.26 Å². The highest BCUT2D eigenvalue weighted by Crippen LogP contribution is 2.12. The van der Waals surface area contributed by atoms with Gasteiger partial charge in [0.25, 0.3) is 0 Å². The van der Waals surface area contributed by atoms with Gasteiger partial charge >= 0.3 is 0 Å². The van der Waals surface area contributed by atoms with Gasteiger partial charge in [-0.2, -0.15) is 5.26 Å². The molecule has 0 fully saturated rings. The molecule has 0 amide bonds. The first kappa shape index (κ1) is 8.98. The van der Waals surface area contributed by atoms with Gasteiger partial charge in [0.15, 0.2) is 0 Å². The van der Waals surface area contributed by atoms with Gasteiger partial charge in [-0.1, -0.05) is 6.08 Å². The van der Waals surface area contributed by atoms with Gasteiger partial charge in [-0.3, -0.25) is 0 Å². The highest BCUT2D eigenvalue weighted by Gasteiger charge is 1.96. The first-order chi connectivity index (χ1) is 5.86. The summed E-state index contributed by atoms with van der Waals surface area (Å²) in [4.78, 5) is 1.19. The summed E-state index contributed by atoms with van der Waals surface area (Å²) < 4.78 is 0. The minimum absolute atomic E-state index is 0.746. The minimum atomic E-state index is 0.746. The fourth-order valence-corrected chi connectivity index (χ4v) is 1.61. The molecule has 0 atom stereocenters. The fraction of sp³-hybridized carbons (Fsp3) is 0.222. The fourth-order valence-electron chi connectivity index (χ4n) is 0.829. The largest absolute Gasteiger partial charge is 0.308 e. The number of hydrogen-bond donors (Lipinski definition) is 1. The summed E-state index contributed by atoms with van der Waals surface area (Å²) >= 11 is 1.61. The average Bonchev–Trinajstić information content (AvgIpc) is 2.53. The van der Waals surface area contributed by atoms with Crippen LogP contribution in [0.2, 0.25) is 0 Å². The average molecular weight is 178 g/mol. The predicted octanol–water partition coefficient (Wildman–Crippen LogP) is 1.90. The Morgan fingerprint density at radius 3 is 3.17 bits per heavy atom. The number of hydrogen-bond acceptors (Lipinski definition) is 3. The summed E-state index contributed by atoms with van der Waals surface area (Å²) in [6.45, 7) is 5.22. The molecular formula is C9H10N2S. The molecular weight excluding hydrogens is 168 g/mol. The van der Waals surface area contributed by atoms with Crippen LogP contribution in [-0.4, -0.2) is 6.54 Å². The molecule has 1 heterocycles. The molecule has 2 nitrogen and oxygen atoms in total.